The highest BCUT2D eigenvalue weighted by molar-refractivity contribution is 5.29. The van der Waals surface area contributed by atoms with Crippen molar-refractivity contribution in [1.29, 1.82) is 0 Å². The van der Waals surface area contributed by atoms with E-state index in [4.69, 9.17) is 14.6 Å². The van der Waals surface area contributed by atoms with Crippen LogP contribution in [0.15, 0.2) is 36.4 Å². The maximum atomic E-state index is 9.00. The second kappa shape index (κ2) is 6.03. The van der Waals surface area contributed by atoms with Gasteiger partial charge in [-0.2, -0.15) is 0 Å². The average molecular weight is 248 g/mol. The first-order valence-electron chi connectivity index (χ1n) is 6.30. The molecule has 1 N–H and O–H groups in total. The molecule has 0 aromatic heterocycles. The molecule has 0 spiro atoms. The molecule has 3 heteroatoms. The van der Waals surface area contributed by atoms with E-state index in [2.05, 4.69) is 6.58 Å². The van der Waals surface area contributed by atoms with Crippen LogP contribution in [0.25, 0.3) is 0 Å². The molecule has 1 fully saturated rings. The minimum absolute atomic E-state index is 0.0497. The summed E-state index contributed by atoms with van der Waals surface area (Å²) in [6.07, 6.45) is 2.52. The summed E-state index contributed by atoms with van der Waals surface area (Å²) in [5.41, 5.74) is 2.33. The van der Waals surface area contributed by atoms with Crippen molar-refractivity contribution in [1.82, 2.24) is 0 Å². The predicted molar refractivity (Wildman–Crippen MR) is 70.7 cm³/mol. The van der Waals surface area contributed by atoms with E-state index in [1.807, 2.05) is 24.3 Å². The van der Waals surface area contributed by atoms with Crippen molar-refractivity contribution in [2.24, 2.45) is 0 Å². The SMILES string of the molecule is C=C1C[C@@H](CCO)O[C@@H](c2ccc(OC)cc2)C1. The summed E-state index contributed by atoms with van der Waals surface area (Å²) in [7, 11) is 1.66. The van der Waals surface area contributed by atoms with Crippen molar-refractivity contribution in [2.75, 3.05) is 13.7 Å². The Balaban J connectivity index is 2.08. The van der Waals surface area contributed by atoms with Gasteiger partial charge in [-0.15, -0.1) is 0 Å². The van der Waals surface area contributed by atoms with Crippen LogP contribution in [0, 0.1) is 0 Å². The molecule has 0 radical (unpaired) electrons. The number of aliphatic hydroxyl groups excluding tert-OH is 1. The van der Waals surface area contributed by atoms with Crippen molar-refractivity contribution in [2.45, 2.75) is 31.5 Å². The third-order valence-corrected chi connectivity index (χ3v) is 3.29. The molecule has 1 aromatic rings. The van der Waals surface area contributed by atoms with E-state index in [1.165, 1.54) is 5.57 Å². The molecule has 0 amide bonds. The molecular formula is C15H20O3. The second-order valence-electron chi connectivity index (χ2n) is 4.69. The molecule has 0 aliphatic carbocycles. The van der Waals surface area contributed by atoms with Gasteiger partial charge in [0.05, 0.1) is 19.3 Å². The van der Waals surface area contributed by atoms with Crippen LogP contribution in [0.4, 0.5) is 0 Å². The van der Waals surface area contributed by atoms with Gasteiger partial charge in [-0.25, -0.2) is 0 Å². The third kappa shape index (κ3) is 3.12. The molecular weight excluding hydrogens is 228 g/mol. The van der Waals surface area contributed by atoms with Gasteiger partial charge in [0, 0.05) is 6.61 Å². The van der Waals surface area contributed by atoms with Crippen LogP contribution in [-0.4, -0.2) is 24.9 Å². The Hall–Kier alpha value is -1.32. The molecule has 1 aromatic carbocycles. The number of hydrogen-bond acceptors (Lipinski definition) is 3. The number of ether oxygens (including phenoxy) is 2. The lowest BCUT2D eigenvalue weighted by Crippen LogP contribution is -2.24. The lowest BCUT2D eigenvalue weighted by Gasteiger charge is -2.31. The molecule has 2 rings (SSSR count). The molecule has 0 bridgehead atoms. The highest BCUT2D eigenvalue weighted by atomic mass is 16.5. The zero-order chi connectivity index (χ0) is 13.0. The lowest BCUT2D eigenvalue weighted by molar-refractivity contribution is -0.0424. The Morgan fingerprint density at radius 3 is 2.67 bits per heavy atom. The summed E-state index contributed by atoms with van der Waals surface area (Å²) >= 11 is 0. The lowest BCUT2D eigenvalue weighted by atomic mass is 9.94. The van der Waals surface area contributed by atoms with Crippen molar-refractivity contribution in [3.8, 4) is 5.75 Å². The van der Waals surface area contributed by atoms with Gasteiger partial charge >= 0.3 is 0 Å². The molecule has 1 aliphatic heterocycles. The van der Waals surface area contributed by atoms with Crippen LogP contribution in [0.2, 0.25) is 0 Å². The van der Waals surface area contributed by atoms with Crippen LogP contribution in [0.1, 0.15) is 30.9 Å². The molecule has 0 unspecified atom stereocenters. The van der Waals surface area contributed by atoms with E-state index in [0.717, 1.165) is 24.2 Å². The molecule has 1 aliphatic rings. The molecule has 2 atom stereocenters. The van der Waals surface area contributed by atoms with Gasteiger partial charge in [-0.3, -0.25) is 0 Å². The zero-order valence-electron chi connectivity index (χ0n) is 10.8. The van der Waals surface area contributed by atoms with Crippen LogP contribution < -0.4 is 4.74 Å². The fraction of sp³-hybridized carbons (Fsp3) is 0.467. The predicted octanol–water partition coefficient (Wildman–Crippen LogP) is 2.85. The molecule has 1 saturated heterocycles. The first-order chi connectivity index (χ1) is 8.72. The van der Waals surface area contributed by atoms with E-state index in [0.29, 0.717) is 6.42 Å². The Morgan fingerprint density at radius 1 is 1.33 bits per heavy atom. The van der Waals surface area contributed by atoms with E-state index < -0.39 is 0 Å². The van der Waals surface area contributed by atoms with Gasteiger partial charge in [0.15, 0.2) is 0 Å². The average Bonchev–Trinajstić information content (AvgIpc) is 2.38. The monoisotopic (exact) mass is 248 g/mol. The van der Waals surface area contributed by atoms with Gasteiger partial charge in [0.1, 0.15) is 5.75 Å². The van der Waals surface area contributed by atoms with Crippen molar-refractivity contribution < 1.29 is 14.6 Å². The van der Waals surface area contributed by atoms with Gasteiger partial charge in [-0.1, -0.05) is 24.3 Å². The maximum Gasteiger partial charge on any atom is 0.118 e. The smallest absolute Gasteiger partial charge is 0.118 e. The maximum absolute atomic E-state index is 9.00. The number of benzene rings is 1. The normalized spacial score (nSPS) is 24.0. The van der Waals surface area contributed by atoms with Crippen molar-refractivity contribution in [3.05, 3.63) is 42.0 Å². The van der Waals surface area contributed by atoms with Crippen LogP contribution >= 0.6 is 0 Å². The van der Waals surface area contributed by atoms with Crippen LogP contribution in [0.3, 0.4) is 0 Å². The summed E-state index contributed by atoms with van der Waals surface area (Å²) in [5, 5.41) is 9.00. The fourth-order valence-electron chi connectivity index (χ4n) is 2.33. The Labute approximate surface area is 108 Å². The summed E-state index contributed by atoms with van der Waals surface area (Å²) in [6, 6.07) is 7.93. The number of methoxy groups -OCH3 is 1. The summed E-state index contributed by atoms with van der Waals surface area (Å²) in [5.74, 6) is 0.847. The first-order valence-corrected chi connectivity index (χ1v) is 6.30. The van der Waals surface area contributed by atoms with Gasteiger partial charge in [0.2, 0.25) is 0 Å². The quantitative estimate of drug-likeness (QED) is 0.833. The Bertz CT molecular complexity index is 397. The third-order valence-electron chi connectivity index (χ3n) is 3.29. The minimum atomic E-state index is 0.0497. The molecule has 0 saturated carbocycles. The summed E-state index contributed by atoms with van der Waals surface area (Å²) in [6.45, 7) is 4.23. The van der Waals surface area contributed by atoms with Crippen molar-refractivity contribution >= 4 is 0 Å². The van der Waals surface area contributed by atoms with Crippen molar-refractivity contribution in [3.63, 3.8) is 0 Å². The van der Waals surface area contributed by atoms with Gasteiger partial charge in [-0.05, 0) is 37.0 Å². The topological polar surface area (TPSA) is 38.7 Å². The summed E-state index contributed by atoms with van der Waals surface area (Å²) < 4.78 is 11.1. The number of hydrogen-bond donors (Lipinski definition) is 1. The van der Waals surface area contributed by atoms with Gasteiger partial charge < -0.3 is 14.6 Å². The zero-order valence-corrected chi connectivity index (χ0v) is 10.8. The van der Waals surface area contributed by atoms with E-state index in [1.54, 1.807) is 7.11 Å². The Kier molecular flexibility index (Phi) is 4.39. The molecule has 18 heavy (non-hydrogen) atoms. The number of rotatable bonds is 4. The molecule has 3 nitrogen and oxygen atoms in total. The number of aliphatic hydroxyl groups is 1. The first kappa shape index (κ1) is 13.1. The Morgan fingerprint density at radius 2 is 2.06 bits per heavy atom. The standard InChI is InChI=1S/C15H20O3/c1-11-9-14(7-8-16)18-15(10-11)12-3-5-13(17-2)6-4-12/h3-6,14-16H,1,7-10H2,2H3/t14-,15-/m1/s1. The summed E-state index contributed by atoms with van der Waals surface area (Å²) in [4.78, 5) is 0. The minimum Gasteiger partial charge on any atom is -0.497 e. The largest absolute Gasteiger partial charge is 0.497 e. The highest BCUT2D eigenvalue weighted by Crippen LogP contribution is 2.35. The van der Waals surface area contributed by atoms with E-state index >= 15 is 0 Å². The molecule has 98 valence electrons. The van der Waals surface area contributed by atoms with Gasteiger partial charge in [0.25, 0.3) is 0 Å². The van der Waals surface area contributed by atoms with E-state index in [-0.39, 0.29) is 18.8 Å². The van der Waals surface area contributed by atoms with E-state index in [9.17, 15) is 0 Å². The molecule has 1 heterocycles. The van der Waals surface area contributed by atoms with Crippen LogP contribution in [0.5, 0.6) is 5.75 Å². The highest BCUT2D eigenvalue weighted by Gasteiger charge is 2.25. The fourth-order valence-corrected chi connectivity index (χ4v) is 2.33. The van der Waals surface area contributed by atoms with Crippen LogP contribution in [-0.2, 0) is 4.74 Å². The second-order valence-corrected chi connectivity index (χ2v) is 4.69.